The Hall–Kier alpha value is -2.60. The molecule has 8 nitrogen and oxygen atoms in total. The Morgan fingerprint density at radius 2 is 1.78 bits per heavy atom. The van der Waals surface area contributed by atoms with E-state index in [4.69, 9.17) is 5.14 Å². The second-order valence-electron chi connectivity index (χ2n) is 5.64. The fourth-order valence-corrected chi connectivity index (χ4v) is 5.52. The lowest BCUT2D eigenvalue weighted by Gasteiger charge is -2.10. The third-order valence-electron chi connectivity index (χ3n) is 3.75. The van der Waals surface area contributed by atoms with Crippen LogP contribution in [0.5, 0.6) is 0 Å². The molecule has 4 aromatic rings. The molecule has 0 fully saturated rings. The molecule has 4 rings (SSSR count). The van der Waals surface area contributed by atoms with Crippen LogP contribution in [0.1, 0.15) is 0 Å². The molecular weight excluding hydrogens is 408 g/mol. The number of fused-ring (bicyclic) bond motifs is 2. The van der Waals surface area contributed by atoms with Gasteiger partial charge in [0, 0.05) is 11.6 Å². The zero-order valence-corrected chi connectivity index (χ0v) is 16.0. The quantitative estimate of drug-likeness (QED) is 0.520. The van der Waals surface area contributed by atoms with Crippen molar-refractivity contribution >= 4 is 58.2 Å². The van der Waals surface area contributed by atoms with Gasteiger partial charge in [-0.3, -0.25) is 9.71 Å². The predicted octanol–water partition coefficient (Wildman–Crippen LogP) is 2.29. The van der Waals surface area contributed by atoms with Gasteiger partial charge in [0.1, 0.15) is 4.90 Å². The fraction of sp³-hybridized carbons (Fsp3) is 0. The summed E-state index contributed by atoms with van der Waals surface area (Å²) in [5.74, 6) is 0. The van der Waals surface area contributed by atoms with Crippen molar-refractivity contribution in [2.45, 2.75) is 9.24 Å². The SMILES string of the molecule is NS(=O)(=O)c1nc2ccc(NS(=O)(=O)c3cccc4cccnc34)cc2s1. The number of sulfonamides is 2. The summed E-state index contributed by atoms with van der Waals surface area (Å²) < 4.78 is 51.3. The van der Waals surface area contributed by atoms with Crippen molar-refractivity contribution in [3.8, 4) is 0 Å². The van der Waals surface area contributed by atoms with Gasteiger partial charge in [0.05, 0.1) is 21.4 Å². The van der Waals surface area contributed by atoms with Crippen LogP contribution in [0, 0.1) is 0 Å². The van der Waals surface area contributed by atoms with Crippen molar-refractivity contribution in [2.24, 2.45) is 5.14 Å². The summed E-state index contributed by atoms with van der Waals surface area (Å²) in [4.78, 5) is 8.15. The summed E-state index contributed by atoms with van der Waals surface area (Å²) in [6.07, 6.45) is 1.53. The van der Waals surface area contributed by atoms with E-state index in [1.54, 1.807) is 24.3 Å². The van der Waals surface area contributed by atoms with Crippen LogP contribution < -0.4 is 9.86 Å². The highest BCUT2D eigenvalue weighted by atomic mass is 32.2. The van der Waals surface area contributed by atoms with Gasteiger partial charge in [0.2, 0.25) is 4.34 Å². The number of nitrogens with two attached hydrogens (primary N) is 1. The van der Waals surface area contributed by atoms with Crippen molar-refractivity contribution in [2.75, 3.05) is 4.72 Å². The fourth-order valence-electron chi connectivity index (χ4n) is 2.59. The maximum Gasteiger partial charge on any atom is 0.265 e. The van der Waals surface area contributed by atoms with Crippen LogP contribution in [-0.4, -0.2) is 26.8 Å². The highest BCUT2D eigenvalue weighted by Crippen LogP contribution is 2.29. The Balaban J connectivity index is 1.76. The van der Waals surface area contributed by atoms with Crippen LogP contribution >= 0.6 is 11.3 Å². The molecule has 0 aliphatic carbocycles. The van der Waals surface area contributed by atoms with Crippen LogP contribution in [0.3, 0.4) is 0 Å². The largest absolute Gasteiger partial charge is 0.280 e. The Kier molecular flexibility index (Phi) is 4.11. The first-order valence-electron chi connectivity index (χ1n) is 7.54. The Morgan fingerprint density at radius 3 is 2.56 bits per heavy atom. The van der Waals surface area contributed by atoms with E-state index in [1.165, 1.54) is 30.5 Å². The Bertz CT molecular complexity index is 1390. The van der Waals surface area contributed by atoms with Crippen LogP contribution in [0.25, 0.3) is 21.1 Å². The normalized spacial score (nSPS) is 12.5. The number of aromatic nitrogens is 2. The predicted molar refractivity (Wildman–Crippen MR) is 104 cm³/mol. The van der Waals surface area contributed by atoms with E-state index in [-0.39, 0.29) is 14.9 Å². The maximum atomic E-state index is 12.8. The minimum absolute atomic E-state index is 0.0511. The third-order valence-corrected chi connectivity index (χ3v) is 7.50. The van der Waals surface area contributed by atoms with Crippen LogP contribution in [0.2, 0.25) is 0 Å². The van der Waals surface area contributed by atoms with Crippen molar-refractivity contribution in [3.05, 3.63) is 54.7 Å². The number of thiazole rings is 1. The van der Waals surface area contributed by atoms with Crippen LogP contribution in [-0.2, 0) is 20.0 Å². The second kappa shape index (κ2) is 6.23. The van der Waals surface area contributed by atoms with E-state index in [0.29, 0.717) is 21.1 Å². The molecular formula is C16H12N4O4S3. The van der Waals surface area contributed by atoms with Crippen molar-refractivity contribution in [1.82, 2.24) is 9.97 Å². The van der Waals surface area contributed by atoms with E-state index < -0.39 is 20.0 Å². The van der Waals surface area contributed by atoms with Gasteiger partial charge in [-0.2, -0.15) is 0 Å². The van der Waals surface area contributed by atoms with Gasteiger partial charge in [-0.1, -0.05) is 18.2 Å². The molecule has 0 spiro atoms. The number of hydrogen-bond donors (Lipinski definition) is 2. The third kappa shape index (κ3) is 3.37. The number of nitrogens with zero attached hydrogens (tertiary/aromatic N) is 2. The lowest BCUT2D eigenvalue weighted by molar-refractivity contribution is 0.596. The Labute approximate surface area is 158 Å². The molecule has 138 valence electrons. The highest BCUT2D eigenvalue weighted by molar-refractivity contribution is 7.93. The highest BCUT2D eigenvalue weighted by Gasteiger charge is 2.19. The molecule has 2 aromatic heterocycles. The summed E-state index contributed by atoms with van der Waals surface area (Å²) in [5.41, 5.74) is 1.06. The minimum Gasteiger partial charge on any atom is -0.280 e. The van der Waals surface area contributed by atoms with Crippen LogP contribution in [0.4, 0.5) is 5.69 Å². The van der Waals surface area contributed by atoms with Crippen molar-refractivity contribution < 1.29 is 16.8 Å². The Morgan fingerprint density at radius 1 is 1.00 bits per heavy atom. The number of rotatable bonds is 4. The van der Waals surface area contributed by atoms with E-state index in [0.717, 1.165) is 11.3 Å². The van der Waals surface area contributed by atoms with Gasteiger partial charge in [-0.25, -0.2) is 27.0 Å². The average molecular weight is 420 g/mol. The number of anilines is 1. The van der Waals surface area contributed by atoms with E-state index in [1.807, 2.05) is 0 Å². The van der Waals surface area contributed by atoms with Gasteiger partial charge in [-0.15, -0.1) is 11.3 Å². The van der Waals surface area contributed by atoms with Gasteiger partial charge < -0.3 is 0 Å². The molecule has 0 unspecified atom stereocenters. The standard InChI is InChI=1S/C16H12N4O4S3/c17-26(21,22)16-19-12-7-6-11(9-13(12)25-16)20-27(23,24)14-5-1-3-10-4-2-8-18-15(10)14/h1-9,20H,(H2,17,21,22). The van der Waals surface area contributed by atoms with Gasteiger partial charge in [-0.05, 0) is 30.3 Å². The molecule has 27 heavy (non-hydrogen) atoms. The molecule has 0 radical (unpaired) electrons. The first-order chi connectivity index (χ1) is 12.7. The number of nitrogens with one attached hydrogen (secondary N) is 1. The number of para-hydroxylation sites is 1. The van der Waals surface area contributed by atoms with Crippen molar-refractivity contribution in [3.63, 3.8) is 0 Å². The molecule has 2 aromatic carbocycles. The number of hydrogen-bond acceptors (Lipinski definition) is 7. The monoisotopic (exact) mass is 420 g/mol. The summed E-state index contributed by atoms with van der Waals surface area (Å²) in [6, 6.07) is 12.9. The molecule has 0 aliphatic heterocycles. The topological polar surface area (TPSA) is 132 Å². The molecule has 0 bridgehead atoms. The lowest BCUT2D eigenvalue weighted by Crippen LogP contribution is -2.13. The van der Waals surface area contributed by atoms with Crippen LogP contribution in [0.15, 0.2) is 64.0 Å². The number of benzene rings is 2. The maximum absolute atomic E-state index is 12.8. The van der Waals surface area contributed by atoms with E-state index in [2.05, 4.69) is 14.7 Å². The summed E-state index contributed by atoms with van der Waals surface area (Å²) in [5, 5.41) is 5.80. The summed E-state index contributed by atoms with van der Waals surface area (Å²) >= 11 is 0.872. The molecule has 0 amide bonds. The molecule has 11 heteroatoms. The molecule has 2 heterocycles. The molecule has 3 N–H and O–H groups in total. The second-order valence-corrected chi connectivity index (χ2v) is 10.1. The van der Waals surface area contributed by atoms with Gasteiger partial charge in [0.25, 0.3) is 20.0 Å². The summed E-state index contributed by atoms with van der Waals surface area (Å²) in [7, 11) is -7.82. The first-order valence-corrected chi connectivity index (χ1v) is 11.4. The van der Waals surface area contributed by atoms with Gasteiger partial charge >= 0.3 is 0 Å². The first kappa shape index (κ1) is 17.8. The number of primary sulfonamides is 1. The van der Waals surface area contributed by atoms with E-state index >= 15 is 0 Å². The zero-order valence-electron chi connectivity index (χ0n) is 13.5. The zero-order chi connectivity index (χ0) is 19.2. The average Bonchev–Trinajstić information content (AvgIpc) is 3.04. The molecule has 0 atom stereocenters. The summed E-state index contributed by atoms with van der Waals surface area (Å²) in [6.45, 7) is 0. The molecule has 0 saturated heterocycles. The van der Waals surface area contributed by atoms with Crippen molar-refractivity contribution in [1.29, 1.82) is 0 Å². The lowest BCUT2D eigenvalue weighted by atomic mass is 10.2. The molecule has 0 aliphatic rings. The van der Waals surface area contributed by atoms with E-state index in [9.17, 15) is 16.8 Å². The smallest absolute Gasteiger partial charge is 0.265 e. The minimum atomic E-state index is -3.92. The molecule has 0 saturated carbocycles. The van der Waals surface area contributed by atoms with Gasteiger partial charge in [0.15, 0.2) is 0 Å². The number of pyridine rings is 1.